The van der Waals surface area contributed by atoms with E-state index in [1.165, 1.54) is 12.8 Å². The van der Waals surface area contributed by atoms with E-state index in [1.54, 1.807) is 0 Å². The normalized spacial score (nSPS) is 16.7. The minimum absolute atomic E-state index is 0.0244. The summed E-state index contributed by atoms with van der Waals surface area (Å²) in [6.07, 6.45) is 4.91. The summed E-state index contributed by atoms with van der Waals surface area (Å²) >= 11 is 0. The molecule has 0 bridgehead atoms. The minimum atomic E-state index is -0.216. The number of carbonyl (C=O) groups excluding carboxylic acids is 2. The number of amides is 3. The second-order valence-electron chi connectivity index (χ2n) is 6.18. The molecule has 3 amide bonds. The van der Waals surface area contributed by atoms with Crippen molar-refractivity contribution in [2.24, 2.45) is 0 Å². The van der Waals surface area contributed by atoms with Crippen LogP contribution in [0.3, 0.4) is 0 Å². The molecule has 2 N–H and O–H groups in total. The Morgan fingerprint density at radius 2 is 1.63 bits per heavy atom. The number of carbonyl (C=O) groups is 2. The van der Waals surface area contributed by atoms with Crippen LogP contribution in [-0.4, -0.2) is 42.0 Å². The van der Waals surface area contributed by atoms with Gasteiger partial charge in [0.15, 0.2) is 0 Å². The van der Waals surface area contributed by atoms with Crippen LogP contribution in [0.4, 0.5) is 4.79 Å². The molecule has 0 atom stereocenters. The van der Waals surface area contributed by atoms with Gasteiger partial charge in [-0.25, -0.2) is 4.79 Å². The summed E-state index contributed by atoms with van der Waals surface area (Å²) in [5.41, 5.74) is -0.216. The highest BCUT2D eigenvalue weighted by molar-refractivity contribution is 5.78. The zero-order valence-corrected chi connectivity index (χ0v) is 12.4. The first-order chi connectivity index (χ1) is 8.88. The van der Waals surface area contributed by atoms with E-state index < -0.39 is 0 Å². The summed E-state index contributed by atoms with van der Waals surface area (Å²) in [7, 11) is 0. The zero-order chi connectivity index (χ0) is 14.3. The van der Waals surface area contributed by atoms with Crippen LogP contribution in [0.15, 0.2) is 0 Å². The molecule has 0 aromatic rings. The molecular formula is C14H27N3O2. The van der Waals surface area contributed by atoms with Crippen molar-refractivity contribution in [2.75, 3.05) is 19.6 Å². The lowest BCUT2D eigenvalue weighted by atomic mass is 10.1. The molecule has 1 rings (SSSR count). The molecular weight excluding hydrogens is 242 g/mol. The number of nitrogens with one attached hydrogen (secondary N) is 2. The van der Waals surface area contributed by atoms with Gasteiger partial charge in [0.2, 0.25) is 5.91 Å². The van der Waals surface area contributed by atoms with Crippen molar-refractivity contribution in [3.05, 3.63) is 0 Å². The second-order valence-corrected chi connectivity index (χ2v) is 6.18. The molecule has 0 aliphatic carbocycles. The van der Waals surface area contributed by atoms with Crippen molar-refractivity contribution in [1.82, 2.24) is 15.5 Å². The fourth-order valence-corrected chi connectivity index (χ4v) is 2.15. The van der Waals surface area contributed by atoms with Crippen LogP contribution < -0.4 is 10.6 Å². The van der Waals surface area contributed by atoms with Crippen molar-refractivity contribution in [2.45, 2.75) is 58.4 Å². The van der Waals surface area contributed by atoms with E-state index >= 15 is 0 Å². The molecule has 0 aromatic heterocycles. The highest BCUT2D eigenvalue weighted by Gasteiger charge is 2.16. The quantitative estimate of drug-likeness (QED) is 0.821. The topological polar surface area (TPSA) is 61.4 Å². The van der Waals surface area contributed by atoms with E-state index in [-0.39, 0.29) is 17.5 Å². The van der Waals surface area contributed by atoms with Crippen LogP contribution in [0.1, 0.15) is 52.9 Å². The van der Waals surface area contributed by atoms with Crippen LogP contribution in [-0.2, 0) is 4.79 Å². The lowest BCUT2D eigenvalue weighted by molar-refractivity contribution is -0.122. The van der Waals surface area contributed by atoms with Gasteiger partial charge >= 0.3 is 6.03 Å². The molecule has 0 aromatic carbocycles. The molecule has 19 heavy (non-hydrogen) atoms. The molecule has 1 heterocycles. The largest absolute Gasteiger partial charge is 0.351 e. The lowest BCUT2D eigenvalue weighted by Crippen LogP contribution is -2.44. The molecule has 1 saturated heterocycles. The summed E-state index contributed by atoms with van der Waals surface area (Å²) in [5, 5.41) is 5.70. The Bertz CT molecular complexity index is 302. The Kier molecular flexibility index (Phi) is 6.12. The van der Waals surface area contributed by atoms with Gasteiger partial charge in [0.05, 0.1) is 0 Å². The summed E-state index contributed by atoms with van der Waals surface area (Å²) in [6.45, 7) is 7.90. The van der Waals surface area contributed by atoms with Crippen LogP contribution >= 0.6 is 0 Å². The molecule has 5 heteroatoms. The first-order valence-electron chi connectivity index (χ1n) is 7.22. The molecule has 1 aliphatic rings. The Hall–Kier alpha value is -1.26. The molecule has 1 fully saturated rings. The zero-order valence-electron chi connectivity index (χ0n) is 12.4. The van der Waals surface area contributed by atoms with Gasteiger partial charge in [-0.05, 0) is 33.6 Å². The van der Waals surface area contributed by atoms with Crippen LogP contribution in [0.2, 0.25) is 0 Å². The van der Waals surface area contributed by atoms with E-state index in [4.69, 9.17) is 0 Å². The van der Waals surface area contributed by atoms with Crippen LogP contribution in [0.25, 0.3) is 0 Å². The third-order valence-corrected chi connectivity index (χ3v) is 3.04. The van der Waals surface area contributed by atoms with E-state index in [9.17, 15) is 9.59 Å². The van der Waals surface area contributed by atoms with Gasteiger partial charge in [-0.3, -0.25) is 4.79 Å². The number of hydrogen-bond acceptors (Lipinski definition) is 2. The first-order valence-corrected chi connectivity index (χ1v) is 7.22. The van der Waals surface area contributed by atoms with Crippen LogP contribution in [0, 0.1) is 0 Å². The number of likely N-dealkylation sites (tertiary alicyclic amines) is 1. The number of rotatable bonds is 3. The maximum Gasteiger partial charge on any atom is 0.317 e. The Labute approximate surface area is 116 Å². The maximum absolute atomic E-state index is 11.9. The van der Waals surface area contributed by atoms with Gasteiger partial charge in [-0.2, -0.15) is 0 Å². The predicted molar refractivity (Wildman–Crippen MR) is 76.0 cm³/mol. The van der Waals surface area contributed by atoms with Gasteiger partial charge in [-0.15, -0.1) is 0 Å². The molecule has 110 valence electrons. The number of hydrogen-bond donors (Lipinski definition) is 2. The minimum Gasteiger partial charge on any atom is -0.351 e. The van der Waals surface area contributed by atoms with Gasteiger partial charge in [-0.1, -0.05) is 12.8 Å². The van der Waals surface area contributed by atoms with Gasteiger partial charge < -0.3 is 15.5 Å². The first kappa shape index (κ1) is 15.8. The molecule has 1 aliphatic heterocycles. The van der Waals surface area contributed by atoms with E-state index in [1.807, 2.05) is 25.7 Å². The average Bonchev–Trinajstić information content (AvgIpc) is 2.54. The van der Waals surface area contributed by atoms with Crippen molar-refractivity contribution >= 4 is 11.9 Å². The summed E-state index contributed by atoms with van der Waals surface area (Å²) in [6, 6.07) is -0.0366. The van der Waals surface area contributed by atoms with Crippen molar-refractivity contribution < 1.29 is 9.59 Å². The smallest absolute Gasteiger partial charge is 0.317 e. The number of nitrogens with zero attached hydrogens (tertiary/aromatic N) is 1. The standard InChI is InChI=1S/C14H27N3O2/c1-14(2,3)16-12(18)8-9-15-13(19)17-10-6-4-5-7-11-17/h4-11H2,1-3H3,(H,15,19)(H,16,18). The van der Waals surface area contributed by atoms with E-state index in [2.05, 4.69) is 10.6 Å². The monoisotopic (exact) mass is 269 g/mol. The third-order valence-electron chi connectivity index (χ3n) is 3.04. The molecule has 0 unspecified atom stereocenters. The average molecular weight is 269 g/mol. The fraction of sp³-hybridized carbons (Fsp3) is 0.857. The lowest BCUT2D eigenvalue weighted by Gasteiger charge is -2.22. The van der Waals surface area contributed by atoms with Gasteiger partial charge in [0, 0.05) is 31.6 Å². The highest BCUT2D eigenvalue weighted by Crippen LogP contribution is 2.09. The second kappa shape index (κ2) is 7.36. The number of urea groups is 1. The molecule has 0 saturated carbocycles. The summed E-state index contributed by atoms with van der Waals surface area (Å²) in [4.78, 5) is 25.4. The fourth-order valence-electron chi connectivity index (χ4n) is 2.15. The SMILES string of the molecule is CC(C)(C)NC(=O)CCNC(=O)N1CCCCCC1. The third kappa shape index (κ3) is 7.03. The van der Waals surface area contributed by atoms with Gasteiger partial charge in [0.1, 0.15) is 0 Å². The van der Waals surface area contributed by atoms with Gasteiger partial charge in [0.25, 0.3) is 0 Å². The van der Waals surface area contributed by atoms with E-state index in [0.717, 1.165) is 25.9 Å². The summed E-state index contributed by atoms with van der Waals surface area (Å²) < 4.78 is 0. The molecule has 5 nitrogen and oxygen atoms in total. The molecule has 0 radical (unpaired) electrons. The Balaban J connectivity index is 2.21. The summed E-state index contributed by atoms with van der Waals surface area (Å²) in [5.74, 6) is -0.0244. The van der Waals surface area contributed by atoms with Crippen molar-refractivity contribution in [1.29, 1.82) is 0 Å². The Morgan fingerprint density at radius 1 is 1.05 bits per heavy atom. The van der Waals surface area contributed by atoms with Crippen molar-refractivity contribution in [3.8, 4) is 0 Å². The van der Waals surface area contributed by atoms with Crippen LogP contribution in [0.5, 0.6) is 0 Å². The predicted octanol–water partition coefficient (Wildman–Crippen LogP) is 1.88. The van der Waals surface area contributed by atoms with Crippen molar-refractivity contribution in [3.63, 3.8) is 0 Å². The highest BCUT2D eigenvalue weighted by atomic mass is 16.2. The Morgan fingerprint density at radius 3 is 2.16 bits per heavy atom. The molecule has 0 spiro atoms. The van der Waals surface area contributed by atoms with E-state index in [0.29, 0.717) is 13.0 Å². The maximum atomic E-state index is 11.9.